The first kappa shape index (κ1) is 15.0. The third-order valence-corrected chi connectivity index (χ3v) is 3.94. The number of benzene rings is 2. The Kier molecular flexibility index (Phi) is 5.15. The molecule has 2 rings (SSSR count). The Morgan fingerprint density at radius 1 is 1.30 bits per heavy atom. The molecule has 0 heterocycles. The predicted octanol–water partition coefficient (Wildman–Crippen LogP) is 5.22. The molecule has 2 aromatic rings. The van der Waals surface area contributed by atoms with Crippen LogP contribution in [0.15, 0.2) is 40.9 Å². The van der Waals surface area contributed by atoms with Crippen LogP contribution in [-0.2, 0) is 0 Å². The molecule has 5 heteroatoms. The molecule has 0 aliphatic heterocycles. The van der Waals surface area contributed by atoms with Crippen LogP contribution in [0.4, 0.5) is 17.1 Å². The van der Waals surface area contributed by atoms with Crippen LogP contribution in [0.2, 0.25) is 5.02 Å². The van der Waals surface area contributed by atoms with Gasteiger partial charge in [-0.25, -0.2) is 0 Å². The van der Waals surface area contributed by atoms with Gasteiger partial charge in [0.25, 0.3) is 0 Å². The number of nitrogens with two attached hydrogens (primary N) is 1. The van der Waals surface area contributed by atoms with E-state index in [1.165, 1.54) is 0 Å². The molecule has 0 saturated heterocycles. The van der Waals surface area contributed by atoms with Crippen molar-refractivity contribution in [1.82, 2.24) is 0 Å². The van der Waals surface area contributed by atoms with Crippen LogP contribution >= 0.6 is 27.5 Å². The highest BCUT2D eigenvalue weighted by molar-refractivity contribution is 9.10. The molecule has 106 valence electrons. The molecule has 0 amide bonds. The molecule has 0 aromatic heterocycles. The van der Waals surface area contributed by atoms with Gasteiger partial charge in [0.05, 0.1) is 23.0 Å². The van der Waals surface area contributed by atoms with E-state index < -0.39 is 0 Å². The Bertz CT molecular complexity index is 604. The summed E-state index contributed by atoms with van der Waals surface area (Å²) in [5.41, 5.74) is 8.43. The van der Waals surface area contributed by atoms with Gasteiger partial charge >= 0.3 is 0 Å². The first-order chi connectivity index (χ1) is 9.61. The molecule has 0 atom stereocenters. The van der Waals surface area contributed by atoms with Crippen molar-refractivity contribution >= 4 is 44.6 Å². The number of halogens is 2. The SMILES string of the molecule is CCCOc1cccc(Nc2ccc(Cl)c(Br)c2)c1N. The van der Waals surface area contributed by atoms with Crippen molar-refractivity contribution in [3.05, 3.63) is 45.9 Å². The van der Waals surface area contributed by atoms with Gasteiger partial charge in [-0.2, -0.15) is 0 Å². The van der Waals surface area contributed by atoms with Gasteiger partial charge in [0.2, 0.25) is 0 Å². The lowest BCUT2D eigenvalue weighted by Gasteiger charge is -2.14. The summed E-state index contributed by atoms with van der Waals surface area (Å²) in [5, 5.41) is 3.93. The Morgan fingerprint density at radius 3 is 2.80 bits per heavy atom. The van der Waals surface area contributed by atoms with Gasteiger partial charge in [-0.05, 0) is 52.7 Å². The molecule has 3 nitrogen and oxygen atoms in total. The van der Waals surface area contributed by atoms with Crippen LogP contribution in [0, 0.1) is 0 Å². The number of anilines is 3. The zero-order valence-electron chi connectivity index (χ0n) is 11.1. The van der Waals surface area contributed by atoms with Crippen LogP contribution < -0.4 is 15.8 Å². The van der Waals surface area contributed by atoms with Crippen molar-refractivity contribution in [3.63, 3.8) is 0 Å². The smallest absolute Gasteiger partial charge is 0.144 e. The minimum absolute atomic E-state index is 0.604. The molecule has 20 heavy (non-hydrogen) atoms. The number of para-hydroxylation sites is 1. The van der Waals surface area contributed by atoms with Crippen molar-refractivity contribution in [2.24, 2.45) is 0 Å². The van der Waals surface area contributed by atoms with Gasteiger partial charge in [0.15, 0.2) is 0 Å². The van der Waals surface area contributed by atoms with Crippen molar-refractivity contribution < 1.29 is 4.74 Å². The average Bonchev–Trinajstić information content (AvgIpc) is 2.44. The molecule has 0 spiro atoms. The Hall–Kier alpha value is -1.39. The van der Waals surface area contributed by atoms with Crippen LogP contribution in [0.1, 0.15) is 13.3 Å². The van der Waals surface area contributed by atoms with Crippen molar-refractivity contribution in [3.8, 4) is 5.75 Å². The first-order valence-electron chi connectivity index (χ1n) is 6.35. The van der Waals surface area contributed by atoms with Crippen molar-refractivity contribution in [2.45, 2.75) is 13.3 Å². The molecule has 0 aliphatic rings. The van der Waals surface area contributed by atoms with E-state index in [1.54, 1.807) is 0 Å². The summed E-state index contributed by atoms with van der Waals surface area (Å²) in [6, 6.07) is 11.3. The van der Waals surface area contributed by atoms with Gasteiger partial charge < -0.3 is 15.8 Å². The molecule has 0 aliphatic carbocycles. The fourth-order valence-corrected chi connectivity index (χ4v) is 2.22. The normalized spacial score (nSPS) is 10.3. The number of rotatable bonds is 5. The lowest BCUT2D eigenvalue weighted by Crippen LogP contribution is -2.02. The number of hydrogen-bond acceptors (Lipinski definition) is 3. The lowest BCUT2D eigenvalue weighted by atomic mass is 10.2. The fraction of sp³-hybridized carbons (Fsp3) is 0.200. The topological polar surface area (TPSA) is 47.3 Å². The molecular formula is C15H16BrClN2O. The minimum atomic E-state index is 0.604. The van der Waals surface area contributed by atoms with Crippen LogP contribution in [0.25, 0.3) is 0 Å². The number of ether oxygens (including phenoxy) is 1. The van der Waals surface area contributed by atoms with Crippen LogP contribution in [0.5, 0.6) is 5.75 Å². The maximum absolute atomic E-state index is 6.11. The second kappa shape index (κ2) is 6.86. The molecule has 0 saturated carbocycles. The van der Waals surface area contributed by atoms with E-state index in [4.69, 9.17) is 22.1 Å². The lowest BCUT2D eigenvalue weighted by molar-refractivity contribution is 0.319. The zero-order valence-corrected chi connectivity index (χ0v) is 13.5. The monoisotopic (exact) mass is 354 g/mol. The summed E-state index contributed by atoms with van der Waals surface area (Å²) in [5.74, 6) is 0.699. The quantitative estimate of drug-likeness (QED) is 0.723. The molecule has 2 aromatic carbocycles. The Labute approximate surface area is 132 Å². The summed E-state index contributed by atoms with van der Waals surface area (Å²) < 4.78 is 6.45. The highest BCUT2D eigenvalue weighted by atomic mass is 79.9. The van der Waals surface area contributed by atoms with E-state index in [0.717, 1.165) is 22.3 Å². The molecule has 0 unspecified atom stereocenters. The van der Waals surface area contributed by atoms with Gasteiger partial charge in [-0.3, -0.25) is 0 Å². The van der Waals surface area contributed by atoms with E-state index in [2.05, 4.69) is 28.2 Å². The van der Waals surface area contributed by atoms with Gasteiger partial charge in [0, 0.05) is 10.2 Å². The molecular weight excluding hydrogens is 340 g/mol. The zero-order chi connectivity index (χ0) is 14.5. The number of nitrogens with one attached hydrogen (secondary N) is 1. The molecule has 3 N–H and O–H groups in total. The van der Waals surface area contributed by atoms with Crippen molar-refractivity contribution in [1.29, 1.82) is 0 Å². The third-order valence-electron chi connectivity index (χ3n) is 2.73. The highest BCUT2D eigenvalue weighted by Crippen LogP contribution is 2.33. The Balaban J connectivity index is 2.22. The highest BCUT2D eigenvalue weighted by Gasteiger charge is 2.07. The van der Waals surface area contributed by atoms with E-state index in [1.807, 2.05) is 36.4 Å². The summed E-state index contributed by atoms with van der Waals surface area (Å²) >= 11 is 9.38. The van der Waals surface area contributed by atoms with E-state index >= 15 is 0 Å². The summed E-state index contributed by atoms with van der Waals surface area (Å²) in [6.45, 7) is 2.71. The summed E-state index contributed by atoms with van der Waals surface area (Å²) in [4.78, 5) is 0. The predicted molar refractivity (Wildman–Crippen MR) is 89.1 cm³/mol. The summed E-state index contributed by atoms with van der Waals surface area (Å²) in [6.07, 6.45) is 0.946. The maximum Gasteiger partial charge on any atom is 0.144 e. The largest absolute Gasteiger partial charge is 0.491 e. The minimum Gasteiger partial charge on any atom is -0.491 e. The molecule has 0 bridgehead atoms. The van der Waals surface area contributed by atoms with Gasteiger partial charge in [0.1, 0.15) is 5.75 Å². The second-order valence-corrected chi connectivity index (χ2v) is 5.58. The van der Waals surface area contributed by atoms with E-state index in [9.17, 15) is 0 Å². The van der Waals surface area contributed by atoms with Gasteiger partial charge in [-0.1, -0.05) is 24.6 Å². The molecule has 0 fully saturated rings. The summed E-state index contributed by atoms with van der Waals surface area (Å²) in [7, 11) is 0. The average molecular weight is 356 g/mol. The van der Waals surface area contributed by atoms with E-state index in [0.29, 0.717) is 23.1 Å². The second-order valence-electron chi connectivity index (χ2n) is 4.32. The third kappa shape index (κ3) is 3.58. The first-order valence-corrected chi connectivity index (χ1v) is 7.52. The van der Waals surface area contributed by atoms with Crippen molar-refractivity contribution in [2.75, 3.05) is 17.7 Å². The van der Waals surface area contributed by atoms with Crippen LogP contribution in [-0.4, -0.2) is 6.61 Å². The standard InChI is InChI=1S/C15H16BrClN2O/c1-2-8-20-14-5-3-4-13(15(14)18)19-10-6-7-12(17)11(16)9-10/h3-7,9,19H,2,8,18H2,1H3. The number of nitrogen functional groups attached to an aromatic ring is 1. The fourth-order valence-electron chi connectivity index (χ4n) is 1.72. The van der Waals surface area contributed by atoms with Crippen LogP contribution in [0.3, 0.4) is 0 Å². The maximum atomic E-state index is 6.11. The Morgan fingerprint density at radius 2 is 2.10 bits per heavy atom. The van der Waals surface area contributed by atoms with Gasteiger partial charge in [-0.15, -0.1) is 0 Å². The van der Waals surface area contributed by atoms with E-state index in [-0.39, 0.29) is 0 Å². The molecule has 0 radical (unpaired) electrons. The number of hydrogen-bond donors (Lipinski definition) is 2.